The number of nitrogens with zero attached hydrogens (tertiary/aromatic N) is 1. The second-order valence-electron chi connectivity index (χ2n) is 6.77. The Kier molecular flexibility index (Phi) is 7.03. The summed E-state index contributed by atoms with van der Waals surface area (Å²) in [6, 6.07) is 18.2. The maximum Gasteiger partial charge on any atom is 0.363 e. The van der Waals surface area contributed by atoms with E-state index in [-0.39, 0.29) is 11.6 Å². The summed E-state index contributed by atoms with van der Waals surface area (Å²) in [5.41, 5.74) is 2.44. The first-order chi connectivity index (χ1) is 15.4. The van der Waals surface area contributed by atoms with E-state index >= 15 is 0 Å². The molecule has 32 heavy (non-hydrogen) atoms. The van der Waals surface area contributed by atoms with Crippen molar-refractivity contribution in [3.8, 4) is 11.5 Å². The number of cyclic esters (lactones) is 1. The third-order valence-electron chi connectivity index (χ3n) is 4.58. The number of benzene rings is 3. The number of methoxy groups -OCH3 is 1. The van der Waals surface area contributed by atoms with Gasteiger partial charge in [0.05, 0.1) is 21.3 Å². The summed E-state index contributed by atoms with van der Waals surface area (Å²) in [7, 11) is 1.56. The van der Waals surface area contributed by atoms with Gasteiger partial charge in [-0.1, -0.05) is 47.5 Å². The molecule has 162 valence electrons. The van der Waals surface area contributed by atoms with Crippen LogP contribution in [0.2, 0.25) is 10.0 Å². The van der Waals surface area contributed by atoms with E-state index in [1.54, 1.807) is 43.5 Å². The highest BCUT2D eigenvalue weighted by molar-refractivity contribution is 14.1. The SMILES string of the molecule is COc1cc(/C=C2\N=C(c3ccccc3Cl)OC2=O)cc(I)c1OCc1ccc(Cl)cc1. The van der Waals surface area contributed by atoms with E-state index in [0.29, 0.717) is 33.7 Å². The summed E-state index contributed by atoms with van der Waals surface area (Å²) in [5.74, 6) is 0.784. The number of halogens is 3. The molecule has 0 bridgehead atoms. The van der Waals surface area contributed by atoms with Crippen LogP contribution in [0.4, 0.5) is 0 Å². The molecule has 3 aromatic carbocycles. The molecule has 4 rings (SSSR count). The van der Waals surface area contributed by atoms with E-state index in [1.165, 1.54) is 0 Å². The normalized spacial score (nSPS) is 14.3. The average molecular weight is 580 g/mol. The predicted octanol–water partition coefficient (Wildman–Crippen LogP) is 6.53. The maximum absolute atomic E-state index is 12.3. The van der Waals surface area contributed by atoms with Gasteiger partial charge in [0.2, 0.25) is 5.90 Å². The smallest absolute Gasteiger partial charge is 0.363 e. The van der Waals surface area contributed by atoms with Crippen LogP contribution in [0.25, 0.3) is 6.08 Å². The molecule has 0 saturated heterocycles. The second-order valence-corrected chi connectivity index (χ2v) is 8.77. The Morgan fingerprint density at radius 1 is 1.09 bits per heavy atom. The molecular weight excluding hydrogens is 564 g/mol. The fourth-order valence-corrected chi connectivity index (χ4v) is 4.14. The number of aliphatic imine (C=N–C) groups is 1. The molecule has 0 aliphatic carbocycles. The Balaban J connectivity index is 1.59. The average Bonchev–Trinajstić information content (AvgIpc) is 3.14. The van der Waals surface area contributed by atoms with Crippen molar-refractivity contribution in [1.82, 2.24) is 0 Å². The van der Waals surface area contributed by atoms with Crippen LogP contribution in [0.1, 0.15) is 16.7 Å². The topological polar surface area (TPSA) is 57.1 Å². The van der Waals surface area contributed by atoms with Gasteiger partial charge >= 0.3 is 5.97 Å². The van der Waals surface area contributed by atoms with E-state index in [9.17, 15) is 4.79 Å². The van der Waals surface area contributed by atoms with Gasteiger partial charge in [-0.3, -0.25) is 0 Å². The van der Waals surface area contributed by atoms with Gasteiger partial charge in [0.15, 0.2) is 17.2 Å². The highest BCUT2D eigenvalue weighted by Crippen LogP contribution is 2.36. The molecule has 3 aromatic rings. The van der Waals surface area contributed by atoms with Gasteiger partial charge in [-0.15, -0.1) is 0 Å². The molecule has 0 aromatic heterocycles. The van der Waals surface area contributed by atoms with Crippen molar-refractivity contribution in [3.05, 3.63) is 96.7 Å². The number of carbonyl (C=O) groups is 1. The first-order valence-electron chi connectivity index (χ1n) is 9.47. The summed E-state index contributed by atoms with van der Waals surface area (Å²) in [4.78, 5) is 16.7. The third kappa shape index (κ3) is 5.09. The van der Waals surface area contributed by atoms with Gasteiger partial charge in [-0.05, 0) is 76.2 Å². The van der Waals surface area contributed by atoms with Crippen molar-refractivity contribution >= 4 is 63.7 Å². The Hall–Kier alpha value is -2.55. The molecule has 1 heterocycles. The molecule has 0 spiro atoms. The van der Waals surface area contributed by atoms with Crippen molar-refractivity contribution in [2.75, 3.05) is 7.11 Å². The zero-order chi connectivity index (χ0) is 22.7. The van der Waals surface area contributed by atoms with Crippen molar-refractivity contribution in [1.29, 1.82) is 0 Å². The van der Waals surface area contributed by atoms with E-state index < -0.39 is 5.97 Å². The molecule has 0 radical (unpaired) electrons. The number of esters is 1. The summed E-state index contributed by atoms with van der Waals surface area (Å²) in [6.45, 7) is 0.363. The lowest BCUT2D eigenvalue weighted by Crippen LogP contribution is -2.05. The fraction of sp³-hybridized carbons (Fsp3) is 0.0833. The van der Waals surface area contributed by atoms with E-state index in [1.807, 2.05) is 30.3 Å². The summed E-state index contributed by atoms with van der Waals surface area (Å²) in [6.07, 6.45) is 1.64. The monoisotopic (exact) mass is 579 g/mol. The minimum absolute atomic E-state index is 0.174. The van der Waals surface area contributed by atoms with Gasteiger partial charge in [-0.25, -0.2) is 9.79 Å². The van der Waals surface area contributed by atoms with Crippen LogP contribution in [0, 0.1) is 3.57 Å². The third-order valence-corrected chi connectivity index (χ3v) is 5.96. The van der Waals surface area contributed by atoms with Crippen molar-refractivity contribution < 1.29 is 19.0 Å². The molecule has 0 saturated carbocycles. The lowest BCUT2D eigenvalue weighted by atomic mass is 10.1. The zero-order valence-electron chi connectivity index (χ0n) is 16.8. The fourth-order valence-electron chi connectivity index (χ4n) is 3.02. The van der Waals surface area contributed by atoms with Gasteiger partial charge in [0.1, 0.15) is 6.61 Å². The Morgan fingerprint density at radius 3 is 2.56 bits per heavy atom. The number of carbonyl (C=O) groups excluding carboxylic acids is 1. The maximum atomic E-state index is 12.3. The van der Waals surface area contributed by atoms with Crippen LogP contribution >= 0.6 is 45.8 Å². The number of hydrogen-bond acceptors (Lipinski definition) is 5. The molecule has 0 atom stereocenters. The number of hydrogen-bond donors (Lipinski definition) is 0. The molecule has 1 aliphatic rings. The van der Waals surface area contributed by atoms with Crippen molar-refractivity contribution in [3.63, 3.8) is 0 Å². The van der Waals surface area contributed by atoms with Crippen LogP contribution in [0.3, 0.4) is 0 Å². The van der Waals surface area contributed by atoms with Crippen LogP contribution in [-0.4, -0.2) is 19.0 Å². The van der Waals surface area contributed by atoms with Gasteiger partial charge in [0, 0.05) is 5.02 Å². The summed E-state index contributed by atoms with van der Waals surface area (Å²) in [5, 5.41) is 1.13. The molecule has 0 fully saturated rings. The highest BCUT2D eigenvalue weighted by Gasteiger charge is 2.25. The van der Waals surface area contributed by atoms with Gasteiger partial charge < -0.3 is 14.2 Å². The van der Waals surface area contributed by atoms with Crippen molar-refractivity contribution in [2.45, 2.75) is 6.61 Å². The summed E-state index contributed by atoms with van der Waals surface area (Å²) >= 11 is 14.3. The Bertz CT molecular complexity index is 1240. The van der Waals surface area contributed by atoms with Crippen molar-refractivity contribution in [2.24, 2.45) is 4.99 Å². The minimum Gasteiger partial charge on any atom is -0.493 e. The van der Waals surface area contributed by atoms with E-state index in [2.05, 4.69) is 27.6 Å². The standard InChI is InChI=1S/C24H16Cl2INO4/c1-30-21-12-15(10-19(27)22(21)31-13-14-6-8-16(25)9-7-14)11-20-24(29)32-23(28-20)17-4-2-3-5-18(17)26/h2-12H,13H2,1H3/b20-11-. The molecule has 0 amide bonds. The lowest BCUT2D eigenvalue weighted by Gasteiger charge is -2.14. The zero-order valence-corrected chi connectivity index (χ0v) is 20.4. The van der Waals surface area contributed by atoms with Gasteiger partial charge in [-0.2, -0.15) is 0 Å². The first-order valence-corrected chi connectivity index (χ1v) is 11.3. The molecular formula is C24H16Cl2INO4. The van der Waals surface area contributed by atoms with Gasteiger partial charge in [0.25, 0.3) is 0 Å². The highest BCUT2D eigenvalue weighted by atomic mass is 127. The Morgan fingerprint density at radius 2 is 1.84 bits per heavy atom. The molecule has 0 unspecified atom stereocenters. The molecule has 8 heteroatoms. The first kappa shape index (κ1) is 22.6. The largest absolute Gasteiger partial charge is 0.493 e. The van der Waals surface area contributed by atoms with Crippen LogP contribution in [-0.2, 0) is 16.1 Å². The predicted molar refractivity (Wildman–Crippen MR) is 134 cm³/mol. The number of ether oxygens (including phenoxy) is 3. The summed E-state index contributed by atoms with van der Waals surface area (Å²) < 4.78 is 17.6. The Labute approximate surface area is 208 Å². The molecule has 0 N–H and O–H groups in total. The minimum atomic E-state index is -0.544. The van der Waals surface area contributed by atoms with Crippen LogP contribution in [0.15, 0.2) is 71.4 Å². The van der Waals surface area contributed by atoms with Crippen LogP contribution < -0.4 is 9.47 Å². The molecule has 5 nitrogen and oxygen atoms in total. The van der Waals surface area contributed by atoms with E-state index in [4.69, 9.17) is 37.4 Å². The number of rotatable bonds is 6. The second kappa shape index (κ2) is 9.94. The van der Waals surface area contributed by atoms with E-state index in [0.717, 1.165) is 14.7 Å². The molecule has 1 aliphatic heterocycles. The van der Waals surface area contributed by atoms with Crippen LogP contribution in [0.5, 0.6) is 11.5 Å². The quantitative estimate of drug-likeness (QED) is 0.189. The lowest BCUT2D eigenvalue weighted by molar-refractivity contribution is -0.129.